The van der Waals surface area contributed by atoms with E-state index >= 15 is 0 Å². The highest BCUT2D eigenvalue weighted by molar-refractivity contribution is 7.98. The number of fused-ring (bicyclic) bond motifs is 1. The Hall–Kier alpha value is -3.92. The van der Waals surface area contributed by atoms with Crippen molar-refractivity contribution in [3.63, 3.8) is 0 Å². The summed E-state index contributed by atoms with van der Waals surface area (Å²) >= 11 is 1.66. The van der Waals surface area contributed by atoms with Crippen LogP contribution in [0.1, 0.15) is 17.1 Å². The molecule has 0 aliphatic carbocycles. The molecule has 5 rings (SSSR count). The summed E-state index contributed by atoms with van der Waals surface area (Å²) in [4.78, 5) is 23.3. The summed E-state index contributed by atoms with van der Waals surface area (Å²) in [5.74, 6) is 1.16. The van der Waals surface area contributed by atoms with Gasteiger partial charge in [0.1, 0.15) is 6.54 Å². The Morgan fingerprint density at radius 3 is 2.64 bits per heavy atom. The zero-order chi connectivity index (χ0) is 22.9. The second-order valence-electron chi connectivity index (χ2n) is 7.59. The minimum atomic E-state index is -0.350. The lowest BCUT2D eigenvalue weighted by molar-refractivity contribution is 0.364. The second kappa shape index (κ2) is 8.55. The van der Waals surface area contributed by atoms with Gasteiger partial charge >= 0.3 is 5.69 Å². The number of hydrogen-bond donors (Lipinski definition) is 1. The van der Waals surface area contributed by atoms with E-state index in [-0.39, 0.29) is 12.2 Å². The van der Waals surface area contributed by atoms with Gasteiger partial charge in [0.05, 0.1) is 0 Å². The highest BCUT2D eigenvalue weighted by Crippen LogP contribution is 2.21. The molecule has 0 aliphatic rings. The Labute approximate surface area is 193 Å². The smallest absolute Gasteiger partial charge is 0.337 e. The topological polar surface area (TPSA) is 103 Å². The average molecular weight is 460 g/mol. The third-order valence-electron chi connectivity index (χ3n) is 5.07. The van der Waals surface area contributed by atoms with Crippen LogP contribution in [0.5, 0.6) is 0 Å². The number of nitrogens with one attached hydrogen (secondary N) is 1. The molecule has 3 aromatic heterocycles. The average Bonchev–Trinajstić information content (AvgIpc) is 3.38. The zero-order valence-electron chi connectivity index (χ0n) is 18.3. The normalized spacial score (nSPS) is 11.2. The van der Waals surface area contributed by atoms with Gasteiger partial charge in [0.25, 0.3) is 0 Å². The summed E-state index contributed by atoms with van der Waals surface area (Å²) in [6.45, 7) is 3.92. The molecule has 1 N–H and O–H groups in total. The summed E-state index contributed by atoms with van der Waals surface area (Å²) in [6.07, 6.45) is 2.02. The van der Waals surface area contributed by atoms with E-state index in [1.54, 1.807) is 17.8 Å². The number of benzene rings is 2. The summed E-state index contributed by atoms with van der Waals surface area (Å²) in [5.41, 5.74) is 3.65. The summed E-state index contributed by atoms with van der Waals surface area (Å²) in [7, 11) is 0. The van der Waals surface area contributed by atoms with Crippen LogP contribution >= 0.6 is 11.8 Å². The summed E-state index contributed by atoms with van der Waals surface area (Å²) in [6, 6.07) is 17.5. The maximum Gasteiger partial charge on any atom is 0.353 e. The largest absolute Gasteiger partial charge is 0.353 e. The van der Waals surface area contributed by atoms with Gasteiger partial charge < -0.3 is 9.84 Å². The SMILES string of the molecule is CSc1ccc(-c2noc(Cn3nc4cc(C)nc(Nc5cccc(C)c5)n4c3=O)n2)cc1. The monoisotopic (exact) mass is 459 g/mol. The lowest BCUT2D eigenvalue weighted by Crippen LogP contribution is -2.23. The molecule has 0 amide bonds. The molecule has 0 bridgehead atoms. The molecule has 0 saturated heterocycles. The van der Waals surface area contributed by atoms with Crippen molar-refractivity contribution in [1.82, 2.24) is 29.3 Å². The van der Waals surface area contributed by atoms with Crippen LogP contribution in [0.2, 0.25) is 0 Å². The van der Waals surface area contributed by atoms with Crippen molar-refractivity contribution in [2.45, 2.75) is 25.3 Å². The fourth-order valence-electron chi connectivity index (χ4n) is 3.50. The number of thioether (sulfide) groups is 1. The number of aryl methyl sites for hydroxylation is 2. The zero-order valence-corrected chi connectivity index (χ0v) is 19.1. The van der Waals surface area contributed by atoms with Crippen LogP contribution in [0.15, 0.2) is 68.8 Å². The first-order valence-corrected chi connectivity index (χ1v) is 11.5. The lowest BCUT2D eigenvalue weighted by Gasteiger charge is -2.08. The quantitative estimate of drug-likeness (QED) is 0.379. The summed E-state index contributed by atoms with van der Waals surface area (Å²) < 4.78 is 8.12. The molecule has 10 heteroatoms. The van der Waals surface area contributed by atoms with E-state index in [1.165, 1.54) is 9.08 Å². The van der Waals surface area contributed by atoms with E-state index in [2.05, 4.69) is 25.5 Å². The number of aromatic nitrogens is 6. The fraction of sp³-hybridized carbons (Fsp3) is 0.174. The van der Waals surface area contributed by atoms with Gasteiger partial charge in [0.2, 0.25) is 17.7 Å². The number of anilines is 2. The maximum absolute atomic E-state index is 13.2. The molecule has 0 atom stereocenters. The van der Waals surface area contributed by atoms with Crippen molar-refractivity contribution in [3.05, 3.63) is 82.2 Å². The Bertz CT molecular complexity index is 1500. The van der Waals surface area contributed by atoms with Gasteiger partial charge in [-0.3, -0.25) is 0 Å². The lowest BCUT2D eigenvalue weighted by atomic mass is 10.2. The third kappa shape index (κ3) is 4.24. The molecule has 0 aliphatic heterocycles. The van der Waals surface area contributed by atoms with E-state index in [0.29, 0.717) is 23.3 Å². The van der Waals surface area contributed by atoms with E-state index in [4.69, 9.17) is 4.52 Å². The van der Waals surface area contributed by atoms with Crippen LogP contribution in [0.4, 0.5) is 11.6 Å². The highest BCUT2D eigenvalue weighted by atomic mass is 32.2. The number of rotatable bonds is 6. The molecule has 0 unspecified atom stereocenters. The minimum Gasteiger partial charge on any atom is -0.337 e. The minimum absolute atomic E-state index is 0.0549. The van der Waals surface area contributed by atoms with Crippen LogP contribution in [0.3, 0.4) is 0 Å². The molecule has 0 radical (unpaired) electrons. The number of nitrogens with zero attached hydrogens (tertiary/aromatic N) is 6. The van der Waals surface area contributed by atoms with Crippen LogP contribution in [-0.4, -0.2) is 35.6 Å². The van der Waals surface area contributed by atoms with Gasteiger partial charge in [0, 0.05) is 27.9 Å². The molecule has 5 aromatic rings. The second-order valence-corrected chi connectivity index (χ2v) is 8.47. The van der Waals surface area contributed by atoms with Gasteiger partial charge in [-0.2, -0.15) is 4.98 Å². The van der Waals surface area contributed by atoms with Crippen molar-refractivity contribution in [2.24, 2.45) is 0 Å². The van der Waals surface area contributed by atoms with Gasteiger partial charge in [-0.1, -0.05) is 17.3 Å². The van der Waals surface area contributed by atoms with Crippen LogP contribution in [0.25, 0.3) is 17.0 Å². The van der Waals surface area contributed by atoms with Crippen LogP contribution in [-0.2, 0) is 6.54 Å². The van der Waals surface area contributed by atoms with Crippen molar-refractivity contribution < 1.29 is 4.52 Å². The Balaban J connectivity index is 1.46. The molecule has 0 saturated carbocycles. The van der Waals surface area contributed by atoms with Crippen LogP contribution < -0.4 is 11.0 Å². The molecule has 9 nitrogen and oxygen atoms in total. The number of hydrogen-bond acceptors (Lipinski definition) is 8. The first-order valence-electron chi connectivity index (χ1n) is 10.3. The van der Waals surface area contributed by atoms with E-state index in [0.717, 1.165) is 27.4 Å². The molecule has 33 heavy (non-hydrogen) atoms. The van der Waals surface area contributed by atoms with E-state index < -0.39 is 0 Å². The Morgan fingerprint density at radius 1 is 1.06 bits per heavy atom. The molecule has 3 heterocycles. The standard InChI is InChI=1S/C23H21N7O2S/c1-14-5-4-6-17(11-14)25-22-24-15(2)12-19-27-29(23(31)30(19)22)13-20-26-21(28-32-20)16-7-9-18(33-3)10-8-16/h4-12H,13H2,1-3H3,(H,24,25). The molecular formula is C23H21N7O2S. The molecular weight excluding hydrogens is 438 g/mol. The fourth-order valence-corrected chi connectivity index (χ4v) is 3.90. The molecule has 166 valence electrons. The first-order chi connectivity index (χ1) is 16.0. The molecule has 2 aromatic carbocycles. The Kier molecular flexibility index (Phi) is 5.43. The van der Waals surface area contributed by atoms with Gasteiger partial charge in [0.15, 0.2) is 5.65 Å². The Morgan fingerprint density at radius 2 is 1.88 bits per heavy atom. The van der Waals surface area contributed by atoms with Gasteiger partial charge in [-0.05, 0) is 62.1 Å². The summed E-state index contributed by atoms with van der Waals surface area (Å²) in [5, 5.41) is 11.7. The van der Waals surface area contributed by atoms with Gasteiger partial charge in [-0.15, -0.1) is 16.9 Å². The van der Waals surface area contributed by atoms with Crippen molar-refractivity contribution in [1.29, 1.82) is 0 Å². The van der Waals surface area contributed by atoms with Crippen molar-refractivity contribution >= 4 is 29.0 Å². The van der Waals surface area contributed by atoms with E-state index in [9.17, 15) is 4.79 Å². The first kappa shape index (κ1) is 21.0. The maximum atomic E-state index is 13.2. The van der Waals surface area contributed by atoms with Crippen LogP contribution in [0, 0.1) is 13.8 Å². The highest BCUT2D eigenvalue weighted by Gasteiger charge is 2.16. The third-order valence-corrected chi connectivity index (χ3v) is 5.82. The van der Waals surface area contributed by atoms with Gasteiger partial charge in [-0.25, -0.2) is 18.9 Å². The predicted molar refractivity (Wildman–Crippen MR) is 127 cm³/mol. The van der Waals surface area contributed by atoms with Crippen molar-refractivity contribution in [2.75, 3.05) is 11.6 Å². The van der Waals surface area contributed by atoms with Crippen molar-refractivity contribution in [3.8, 4) is 11.4 Å². The molecule has 0 spiro atoms. The molecule has 0 fully saturated rings. The van der Waals surface area contributed by atoms with E-state index in [1.807, 2.05) is 68.6 Å². The predicted octanol–water partition coefficient (Wildman–Crippen LogP) is 4.07.